The van der Waals surface area contributed by atoms with E-state index in [0.29, 0.717) is 19.3 Å². The summed E-state index contributed by atoms with van der Waals surface area (Å²) < 4.78 is 5.61. The number of aliphatic carboxylic acids is 1. The van der Waals surface area contributed by atoms with Crippen molar-refractivity contribution >= 4 is 18.0 Å². The third-order valence-corrected chi connectivity index (χ3v) is 6.87. The topological polar surface area (TPSA) is 105 Å². The van der Waals surface area contributed by atoms with Gasteiger partial charge in [0, 0.05) is 17.9 Å². The molecule has 2 aliphatic rings. The Morgan fingerprint density at radius 3 is 2.15 bits per heavy atom. The summed E-state index contributed by atoms with van der Waals surface area (Å²) in [6, 6.07) is 15.2. The molecule has 1 fully saturated rings. The molecule has 180 valence electrons. The lowest BCUT2D eigenvalue weighted by Gasteiger charge is -2.28. The minimum atomic E-state index is -1.05. The van der Waals surface area contributed by atoms with E-state index >= 15 is 0 Å². The summed E-state index contributed by atoms with van der Waals surface area (Å²) in [6.07, 6.45) is 1.21. The van der Waals surface area contributed by atoms with Gasteiger partial charge in [0.25, 0.3) is 0 Å². The Balaban J connectivity index is 1.30. The molecule has 2 aromatic carbocycles. The van der Waals surface area contributed by atoms with Gasteiger partial charge in [-0.15, -0.1) is 0 Å². The van der Waals surface area contributed by atoms with Crippen LogP contribution >= 0.6 is 0 Å². The highest BCUT2D eigenvalue weighted by Crippen LogP contribution is 2.44. The normalized spacial score (nSPS) is 20.2. The van der Waals surface area contributed by atoms with Gasteiger partial charge in [0.15, 0.2) is 0 Å². The molecule has 2 aliphatic carbocycles. The van der Waals surface area contributed by atoms with Crippen LogP contribution in [0.4, 0.5) is 4.79 Å². The molecule has 7 nitrogen and oxygen atoms in total. The molecule has 4 rings (SSSR count). The van der Waals surface area contributed by atoms with E-state index in [0.717, 1.165) is 11.1 Å². The highest BCUT2D eigenvalue weighted by atomic mass is 16.5. The van der Waals surface area contributed by atoms with E-state index in [1.54, 1.807) is 20.8 Å². The molecule has 3 atom stereocenters. The zero-order chi connectivity index (χ0) is 24.5. The number of rotatable bonds is 6. The van der Waals surface area contributed by atoms with E-state index in [1.165, 1.54) is 11.1 Å². The number of carbonyl (C=O) groups excluding carboxylic acids is 2. The summed E-state index contributed by atoms with van der Waals surface area (Å²) in [5, 5.41) is 15.0. The summed E-state index contributed by atoms with van der Waals surface area (Å²) in [4.78, 5) is 36.7. The Labute approximate surface area is 199 Å². The molecule has 0 aliphatic heterocycles. The van der Waals surface area contributed by atoms with Crippen LogP contribution < -0.4 is 10.6 Å². The van der Waals surface area contributed by atoms with E-state index in [9.17, 15) is 19.5 Å². The maximum absolute atomic E-state index is 12.7. The smallest absolute Gasteiger partial charge is 0.407 e. The molecule has 0 heterocycles. The van der Waals surface area contributed by atoms with Crippen molar-refractivity contribution < 1.29 is 24.2 Å². The Morgan fingerprint density at radius 2 is 1.59 bits per heavy atom. The summed E-state index contributed by atoms with van der Waals surface area (Å²) >= 11 is 0. The van der Waals surface area contributed by atoms with Crippen molar-refractivity contribution in [3.05, 3.63) is 59.7 Å². The maximum atomic E-state index is 12.7. The first kappa shape index (κ1) is 23.8. The zero-order valence-electron chi connectivity index (χ0n) is 19.8. The fourth-order valence-electron chi connectivity index (χ4n) is 5.07. The van der Waals surface area contributed by atoms with Crippen molar-refractivity contribution in [3.8, 4) is 11.1 Å². The van der Waals surface area contributed by atoms with Crippen LogP contribution in [-0.2, 0) is 14.3 Å². The van der Waals surface area contributed by atoms with Crippen molar-refractivity contribution in [1.82, 2.24) is 10.6 Å². The molecule has 1 unspecified atom stereocenters. The van der Waals surface area contributed by atoms with Gasteiger partial charge in [-0.1, -0.05) is 69.3 Å². The molecule has 2 amide bonds. The Hall–Kier alpha value is -3.35. The summed E-state index contributed by atoms with van der Waals surface area (Å²) in [5.41, 5.74) is 4.05. The first-order valence-corrected chi connectivity index (χ1v) is 11.8. The fourth-order valence-corrected chi connectivity index (χ4v) is 5.07. The van der Waals surface area contributed by atoms with Gasteiger partial charge in [-0.05, 0) is 46.9 Å². The van der Waals surface area contributed by atoms with E-state index in [2.05, 4.69) is 34.9 Å². The Bertz CT molecular complexity index is 1040. The average molecular weight is 465 g/mol. The van der Waals surface area contributed by atoms with Crippen LogP contribution in [0, 0.1) is 11.3 Å². The molecule has 0 aromatic heterocycles. The number of fused-ring (bicyclic) bond motifs is 3. The fraction of sp³-hybridized carbons (Fsp3) is 0.444. The molecular weight excluding hydrogens is 432 g/mol. The number of hydrogen-bond donors (Lipinski definition) is 3. The second-order valence-electron chi connectivity index (χ2n) is 10.3. The Kier molecular flexibility index (Phi) is 6.64. The minimum absolute atomic E-state index is 0.00870. The van der Waals surface area contributed by atoms with Gasteiger partial charge in [-0.3, -0.25) is 4.79 Å². The van der Waals surface area contributed by atoms with Gasteiger partial charge >= 0.3 is 12.1 Å². The monoisotopic (exact) mass is 464 g/mol. The number of alkyl carbamates (subject to hydrolysis) is 1. The van der Waals surface area contributed by atoms with Crippen molar-refractivity contribution in [2.24, 2.45) is 11.3 Å². The van der Waals surface area contributed by atoms with Gasteiger partial charge in [0.05, 0.1) is 0 Å². The van der Waals surface area contributed by atoms with Crippen molar-refractivity contribution in [2.75, 3.05) is 6.61 Å². The van der Waals surface area contributed by atoms with Crippen LogP contribution in [0.2, 0.25) is 0 Å². The third-order valence-electron chi connectivity index (χ3n) is 6.87. The first-order valence-electron chi connectivity index (χ1n) is 11.8. The van der Waals surface area contributed by atoms with Crippen molar-refractivity contribution in [2.45, 2.75) is 58.0 Å². The zero-order valence-corrected chi connectivity index (χ0v) is 19.8. The lowest BCUT2D eigenvalue weighted by Crippen LogP contribution is -2.50. The van der Waals surface area contributed by atoms with Crippen molar-refractivity contribution in [1.29, 1.82) is 0 Å². The van der Waals surface area contributed by atoms with Gasteiger partial charge in [0.1, 0.15) is 12.6 Å². The molecule has 7 heteroatoms. The van der Waals surface area contributed by atoms with E-state index in [1.807, 2.05) is 24.3 Å². The number of nitrogens with one attached hydrogen (secondary N) is 2. The number of carboxylic acids is 1. The lowest BCUT2D eigenvalue weighted by atomic mass is 9.86. The van der Waals surface area contributed by atoms with Crippen LogP contribution in [0.25, 0.3) is 11.1 Å². The number of benzene rings is 2. The highest BCUT2D eigenvalue weighted by molar-refractivity contribution is 5.86. The predicted molar refractivity (Wildman–Crippen MR) is 128 cm³/mol. The lowest BCUT2D eigenvalue weighted by molar-refractivity contribution is -0.145. The summed E-state index contributed by atoms with van der Waals surface area (Å²) in [5.74, 6) is -1.67. The van der Waals surface area contributed by atoms with E-state index in [4.69, 9.17) is 4.74 Å². The van der Waals surface area contributed by atoms with Gasteiger partial charge < -0.3 is 20.5 Å². The van der Waals surface area contributed by atoms with Crippen LogP contribution in [0.15, 0.2) is 48.5 Å². The quantitative estimate of drug-likeness (QED) is 0.591. The molecule has 2 aromatic rings. The minimum Gasteiger partial charge on any atom is -0.480 e. The molecule has 34 heavy (non-hydrogen) atoms. The number of amides is 2. The first-order chi connectivity index (χ1) is 16.1. The van der Waals surface area contributed by atoms with Gasteiger partial charge in [0.2, 0.25) is 5.91 Å². The standard InChI is InChI=1S/C27H32N2O5/c1-27(2,3)23(25(31)32)29-24(30)16-12-13-17(14-16)28-26(33)34-15-22-20-10-6-4-8-18(20)19-9-5-7-11-21(19)22/h4-11,16-17,22-23H,12-15H2,1-3H3,(H,28,33)(H,29,30)(H,31,32)/t16-,17+,23?/m1/s1. The number of carbonyl (C=O) groups is 3. The molecular formula is C27H32N2O5. The van der Waals surface area contributed by atoms with E-state index < -0.39 is 23.5 Å². The predicted octanol–water partition coefficient (Wildman–Crippen LogP) is 4.31. The highest BCUT2D eigenvalue weighted by Gasteiger charge is 2.37. The van der Waals surface area contributed by atoms with Crippen LogP contribution in [0.5, 0.6) is 0 Å². The number of hydrogen-bond acceptors (Lipinski definition) is 4. The van der Waals surface area contributed by atoms with Gasteiger partial charge in [-0.25, -0.2) is 9.59 Å². The average Bonchev–Trinajstić information content (AvgIpc) is 3.37. The summed E-state index contributed by atoms with van der Waals surface area (Å²) in [7, 11) is 0. The number of ether oxygens (including phenoxy) is 1. The van der Waals surface area contributed by atoms with Crippen LogP contribution in [-0.4, -0.2) is 41.8 Å². The largest absolute Gasteiger partial charge is 0.480 e. The number of carboxylic acid groups (broad SMARTS) is 1. The van der Waals surface area contributed by atoms with Crippen molar-refractivity contribution in [3.63, 3.8) is 0 Å². The molecule has 1 saturated carbocycles. The second kappa shape index (κ2) is 9.49. The van der Waals surface area contributed by atoms with Gasteiger partial charge in [-0.2, -0.15) is 0 Å². The third kappa shape index (κ3) is 4.93. The van der Waals surface area contributed by atoms with Crippen LogP contribution in [0.1, 0.15) is 57.1 Å². The SMILES string of the molecule is CC(C)(C)C(NC(=O)[C@@H]1CC[C@H](NC(=O)OCC2c3ccccc3-c3ccccc32)C1)C(=O)O. The molecule has 0 radical (unpaired) electrons. The maximum Gasteiger partial charge on any atom is 0.407 e. The molecule has 0 saturated heterocycles. The molecule has 0 bridgehead atoms. The van der Waals surface area contributed by atoms with E-state index in [-0.39, 0.29) is 30.4 Å². The van der Waals surface area contributed by atoms with Crippen LogP contribution in [0.3, 0.4) is 0 Å². The molecule has 0 spiro atoms. The second-order valence-corrected chi connectivity index (χ2v) is 10.3. The molecule has 3 N–H and O–H groups in total. The Morgan fingerprint density at radius 1 is 1.00 bits per heavy atom. The summed E-state index contributed by atoms with van der Waals surface area (Å²) in [6.45, 7) is 5.58.